The predicted molar refractivity (Wildman–Crippen MR) is 88.2 cm³/mol. The number of likely N-dealkylation sites (tertiary alicyclic amines) is 1. The summed E-state index contributed by atoms with van der Waals surface area (Å²) >= 11 is 1.47. The maximum Gasteiger partial charge on any atom is 0.490 e. The second-order valence-corrected chi connectivity index (χ2v) is 6.61. The van der Waals surface area contributed by atoms with Gasteiger partial charge in [-0.3, -0.25) is 9.59 Å². The molecular weight excluding hydrogens is 391 g/mol. The van der Waals surface area contributed by atoms with Crippen molar-refractivity contribution >= 4 is 45.2 Å². The van der Waals surface area contributed by atoms with Crippen LogP contribution in [0.1, 0.15) is 11.3 Å². The van der Waals surface area contributed by atoms with E-state index < -0.39 is 24.0 Å². The van der Waals surface area contributed by atoms with Crippen LogP contribution in [0.5, 0.6) is 0 Å². The molecule has 1 aliphatic rings. The maximum atomic E-state index is 12.0. The third kappa shape index (κ3) is 4.81. The first-order valence-corrected chi connectivity index (χ1v) is 8.19. The number of thiophene rings is 1. The lowest BCUT2D eigenvalue weighted by atomic mass is 10.1. The number of amides is 2. The van der Waals surface area contributed by atoms with Crippen LogP contribution >= 0.6 is 11.3 Å². The Hall–Kier alpha value is -2.96. The molecule has 1 atom stereocenters. The summed E-state index contributed by atoms with van der Waals surface area (Å²) in [6.45, 7) is 0.991. The fourth-order valence-electron chi connectivity index (χ4n) is 2.35. The number of hydrogen-bond acceptors (Lipinski definition) is 7. The summed E-state index contributed by atoms with van der Waals surface area (Å²) in [7, 11) is 0. The van der Waals surface area contributed by atoms with E-state index in [0.29, 0.717) is 25.3 Å². The van der Waals surface area contributed by atoms with E-state index in [9.17, 15) is 22.8 Å². The van der Waals surface area contributed by atoms with Crippen molar-refractivity contribution in [2.45, 2.75) is 19.1 Å². The van der Waals surface area contributed by atoms with Crippen LogP contribution < -0.4 is 11.5 Å². The van der Waals surface area contributed by atoms with Gasteiger partial charge < -0.3 is 21.5 Å². The van der Waals surface area contributed by atoms with Crippen molar-refractivity contribution in [2.24, 2.45) is 11.7 Å². The summed E-state index contributed by atoms with van der Waals surface area (Å²) in [4.78, 5) is 43.5. The van der Waals surface area contributed by atoms with E-state index in [-0.39, 0.29) is 5.91 Å². The van der Waals surface area contributed by atoms with Gasteiger partial charge in [-0.25, -0.2) is 14.8 Å². The lowest BCUT2D eigenvalue weighted by Gasteiger charge is -2.14. The fraction of sp³-hybridized carbons (Fsp3) is 0.357. The molecule has 2 aromatic rings. The van der Waals surface area contributed by atoms with Crippen LogP contribution in [0.3, 0.4) is 0 Å². The molecule has 0 spiro atoms. The van der Waals surface area contributed by atoms with Crippen LogP contribution in [0.15, 0.2) is 12.4 Å². The normalized spacial score (nSPS) is 16.9. The average molecular weight is 405 g/mol. The first-order chi connectivity index (χ1) is 12.5. The number of aliphatic carboxylic acids is 1. The SMILES string of the molecule is NC(=O)[C@@H]1CCN(Cc2cc3c(N)ncnc3s2)C1=O.O=C(O)C(F)(F)F. The number of carboxylic acids is 1. The van der Waals surface area contributed by atoms with Crippen LogP contribution in [-0.2, 0) is 20.9 Å². The molecule has 0 unspecified atom stereocenters. The number of anilines is 1. The van der Waals surface area contributed by atoms with Crippen LogP contribution in [0.2, 0.25) is 0 Å². The number of carboxylic acid groups (broad SMARTS) is 1. The van der Waals surface area contributed by atoms with Crippen LogP contribution in [-0.4, -0.2) is 50.5 Å². The van der Waals surface area contributed by atoms with Crippen molar-refractivity contribution in [2.75, 3.05) is 12.3 Å². The molecular formula is C14H14F3N5O4S. The highest BCUT2D eigenvalue weighted by Crippen LogP contribution is 2.29. The molecule has 2 aromatic heterocycles. The molecule has 0 aliphatic carbocycles. The first-order valence-electron chi connectivity index (χ1n) is 7.37. The molecule has 13 heteroatoms. The van der Waals surface area contributed by atoms with E-state index in [0.717, 1.165) is 15.1 Å². The van der Waals surface area contributed by atoms with E-state index >= 15 is 0 Å². The maximum absolute atomic E-state index is 12.0. The number of alkyl halides is 3. The lowest BCUT2D eigenvalue weighted by Crippen LogP contribution is -2.32. The Morgan fingerprint density at radius 1 is 1.37 bits per heavy atom. The van der Waals surface area contributed by atoms with Gasteiger partial charge in [0.15, 0.2) is 0 Å². The van der Waals surface area contributed by atoms with Crippen molar-refractivity contribution in [3.8, 4) is 0 Å². The Balaban J connectivity index is 0.000000321. The number of hydrogen-bond donors (Lipinski definition) is 3. The standard InChI is InChI=1S/C12H13N5O2S.C2HF3O2/c13-9-8-3-6(20-11(8)16-5-15-9)4-17-2-1-7(10(14)18)12(17)19;3-2(4,5)1(6)7/h3,5,7H,1-2,4H2,(H2,14,18)(H2,13,15,16);(H,6,7)/t7-;/m0./s1. The van der Waals surface area contributed by atoms with E-state index in [1.165, 1.54) is 17.7 Å². The van der Waals surface area contributed by atoms with E-state index in [1.807, 2.05) is 6.07 Å². The fourth-order valence-corrected chi connectivity index (χ4v) is 3.37. The number of carbonyl (C=O) groups excluding carboxylic acids is 2. The number of nitrogen functional groups attached to an aromatic ring is 1. The molecule has 9 nitrogen and oxygen atoms in total. The highest BCUT2D eigenvalue weighted by Gasteiger charge is 2.38. The molecule has 0 aromatic carbocycles. The summed E-state index contributed by atoms with van der Waals surface area (Å²) in [5.74, 6) is -3.76. The van der Waals surface area contributed by atoms with E-state index in [4.69, 9.17) is 21.4 Å². The summed E-state index contributed by atoms with van der Waals surface area (Å²) in [5, 5.41) is 7.92. The first kappa shape index (κ1) is 20.4. The summed E-state index contributed by atoms with van der Waals surface area (Å²) in [5.41, 5.74) is 11.0. The molecule has 1 aliphatic heterocycles. The molecule has 1 saturated heterocycles. The Morgan fingerprint density at radius 2 is 2.00 bits per heavy atom. The van der Waals surface area contributed by atoms with Gasteiger partial charge in [0.05, 0.1) is 11.9 Å². The van der Waals surface area contributed by atoms with Gasteiger partial charge in [0, 0.05) is 11.4 Å². The Bertz CT molecular complexity index is 885. The van der Waals surface area contributed by atoms with Crippen molar-refractivity contribution in [1.82, 2.24) is 14.9 Å². The van der Waals surface area contributed by atoms with Crippen LogP contribution in [0.4, 0.5) is 19.0 Å². The third-order valence-corrected chi connectivity index (χ3v) is 4.67. The Labute approximate surface area is 153 Å². The molecule has 2 amide bonds. The van der Waals surface area contributed by atoms with Crippen molar-refractivity contribution in [3.05, 3.63) is 17.3 Å². The lowest BCUT2D eigenvalue weighted by molar-refractivity contribution is -0.192. The van der Waals surface area contributed by atoms with Gasteiger partial charge in [0.25, 0.3) is 0 Å². The molecule has 3 rings (SSSR count). The monoisotopic (exact) mass is 405 g/mol. The molecule has 0 bridgehead atoms. The quantitative estimate of drug-likeness (QED) is 0.637. The van der Waals surface area contributed by atoms with Gasteiger partial charge >= 0.3 is 12.1 Å². The number of rotatable bonds is 3. The average Bonchev–Trinajstić information content (AvgIpc) is 3.12. The highest BCUT2D eigenvalue weighted by atomic mass is 32.1. The molecule has 0 radical (unpaired) electrons. The minimum atomic E-state index is -5.08. The zero-order chi connectivity index (χ0) is 20.4. The van der Waals surface area contributed by atoms with E-state index in [2.05, 4.69) is 9.97 Å². The number of carbonyl (C=O) groups is 3. The summed E-state index contributed by atoms with van der Waals surface area (Å²) < 4.78 is 31.7. The number of nitrogens with zero attached hydrogens (tertiary/aromatic N) is 3. The van der Waals surface area contributed by atoms with Crippen molar-refractivity contribution < 1.29 is 32.7 Å². The Morgan fingerprint density at radius 3 is 2.48 bits per heavy atom. The van der Waals surface area contributed by atoms with Gasteiger partial charge in [-0.05, 0) is 12.5 Å². The zero-order valence-electron chi connectivity index (χ0n) is 13.6. The van der Waals surface area contributed by atoms with Crippen LogP contribution in [0, 0.1) is 5.92 Å². The number of fused-ring (bicyclic) bond motifs is 1. The minimum absolute atomic E-state index is 0.200. The van der Waals surface area contributed by atoms with Gasteiger partial charge in [-0.15, -0.1) is 11.3 Å². The number of halogens is 3. The highest BCUT2D eigenvalue weighted by molar-refractivity contribution is 7.18. The smallest absolute Gasteiger partial charge is 0.475 e. The Kier molecular flexibility index (Phi) is 5.83. The predicted octanol–water partition coefficient (Wildman–Crippen LogP) is 0.741. The summed E-state index contributed by atoms with van der Waals surface area (Å²) in [6, 6.07) is 1.89. The third-order valence-electron chi connectivity index (χ3n) is 3.64. The van der Waals surface area contributed by atoms with Crippen LogP contribution in [0.25, 0.3) is 10.2 Å². The van der Waals surface area contributed by atoms with Crippen molar-refractivity contribution in [1.29, 1.82) is 0 Å². The molecule has 3 heterocycles. The molecule has 146 valence electrons. The second kappa shape index (κ2) is 7.73. The number of aromatic nitrogens is 2. The van der Waals surface area contributed by atoms with Crippen molar-refractivity contribution in [3.63, 3.8) is 0 Å². The van der Waals surface area contributed by atoms with E-state index in [1.54, 1.807) is 4.90 Å². The largest absolute Gasteiger partial charge is 0.490 e. The topological polar surface area (TPSA) is 152 Å². The molecule has 1 fully saturated rings. The van der Waals surface area contributed by atoms with Gasteiger partial charge in [0.2, 0.25) is 11.8 Å². The number of nitrogens with two attached hydrogens (primary N) is 2. The molecule has 5 N–H and O–H groups in total. The van der Waals surface area contributed by atoms with Gasteiger partial charge in [-0.1, -0.05) is 0 Å². The summed E-state index contributed by atoms with van der Waals surface area (Å²) in [6.07, 6.45) is -3.18. The zero-order valence-corrected chi connectivity index (χ0v) is 14.4. The van der Waals surface area contributed by atoms with Gasteiger partial charge in [-0.2, -0.15) is 13.2 Å². The van der Waals surface area contributed by atoms with Gasteiger partial charge in [0.1, 0.15) is 22.9 Å². The number of primary amides is 1. The second-order valence-electron chi connectivity index (χ2n) is 5.50. The minimum Gasteiger partial charge on any atom is -0.475 e. The molecule has 27 heavy (non-hydrogen) atoms. The molecule has 0 saturated carbocycles.